The third-order valence-electron chi connectivity index (χ3n) is 7.41. The fourth-order valence-electron chi connectivity index (χ4n) is 5.28. The van der Waals surface area contributed by atoms with E-state index in [9.17, 15) is 14.4 Å². The number of nitrogens with zero attached hydrogens (tertiary/aromatic N) is 3. The Hall–Kier alpha value is -3.07. The van der Waals surface area contributed by atoms with Gasteiger partial charge in [0.25, 0.3) is 5.91 Å². The SMILES string of the molecule is COc1ccc(N2CCN(CCCNC(=O)C3=C(C)C(=O)OC34CCN(C(C)=O)CC4)CC2)cc1. The molecule has 0 bridgehead atoms. The molecule has 0 saturated carbocycles. The van der Waals surface area contributed by atoms with Gasteiger partial charge in [-0.15, -0.1) is 0 Å². The maximum Gasteiger partial charge on any atom is 0.335 e. The third kappa shape index (κ3) is 5.45. The zero-order valence-electron chi connectivity index (χ0n) is 21.0. The van der Waals surface area contributed by atoms with Gasteiger partial charge in [-0.2, -0.15) is 0 Å². The highest BCUT2D eigenvalue weighted by molar-refractivity contribution is 6.07. The first-order valence-corrected chi connectivity index (χ1v) is 12.4. The molecule has 3 aliphatic heterocycles. The molecule has 190 valence electrons. The van der Waals surface area contributed by atoms with E-state index < -0.39 is 11.6 Å². The number of benzene rings is 1. The lowest BCUT2D eigenvalue weighted by molar-refractivity contribution is -0.152. The number of methoxy groups -OCH3 is 1. The Kier molecular flexibility index (Phi) is 7.64. The van der Waals surface area contributed by atoms with Crippen molar-refractivity contribution < 1.29 is 23.9 Å². The molecule has 0 aliphatic carbocycles. The molecule has 1 N–H and O–H groups in total. The van der Waals surface area contributed by atoms with Crippen molar-refractivity contribution >= 4 is 23.5 Å². The van der Waals surface area contributed by atoms with Gasteiger partial charge >= 0.3 is 5.97 Å². The number of rotatable bonds is 7. The van der Waals surface area contributed by atoms with Crippen molar-refractivity contribution in [2.45, 2.75) is 38.7 Å². The van der Waals surface area contributed by atoms with Crippen LogP contribution in [-0.2, 0) is 19.1 Å². The summed E-state index contributed by atoms with van der Waals surface area (Å²) >= 11 is 0. The number of hydrogen-bond acceptors (Lipinski definition) is 7. The van der Waals surface area contributed by atoms with Crippen molar-refractivity contribution in [3.8, 4) is 5.75 Å². The number of nitrogens with one attached hydrogen (secondary N) is 1. The number of anilines is 1. The zero-order chi connectivity index (χ0) is 25.0. The Morgan fingerprint density at radius 3 is 2.31 bits per heavy atom. The fourth-order valence-corrected chi connectivity index (χ4v) is 5.28. The number of piperazine rings is 1. The normalized spacial score (nSPS) is 20.3. The van der Waals surface area contributed by atoms with E-state index in [2.05, 4.69) is 27.2 Å². The van der Waals surface area contributed by atoms with Crippen molar-refractivity contribution in [3.63, 3.8) is 0 Å². The van der Waals surface area contributed by atoms with Gasteiger partial charge in [0.2, 0.25) is 5.91 Å². The van der Waals surface area contributed by atoms with E-state index in [0.717, 1.165) is 44.9 Å². The monoisotopic (exact) mass is 484 g/mol. The second-order valence-corrected chi connectivity index (χ2v) is 9.53. The summed E-state index contributed by atoms with van der Waals surface area (Å²) in [5, 5.41) is 3.01. The van der Waals surface area contributed by atoms with E-state index in [1.807, 2.05) is 12.1 Å². The Bertz CT molecular complexity index is 974. The average molecular weight is 485 g/mol. The van der Waals surface area contributed by atoms with Crippen LogP contribution in [0.2, 0.25) is 0 Å². The topological polar surface area (TPSA) is 91.4 Å². The Morgan fingerprint density at radius 2 is 1.71 bits per heavy atom. The van der Waals surface area contributed by atoms with Gasteiger partial charge < -0.3 is 24.6 Å². The van der Waals surface area contributed by atoms with Crippen LogP contribution in [0.15, 0.2) is 35.4 Å². The van der Waals surface area contributed by atoms with Gasteiger partial charge in [-0.3, -0.25) is 14.5 Å². The van der Waals surface area contributed by atoms with Gasteiger partial charge in [-0.25, -0.2) is 4.79 Å². The molecule has 0 aromatic heterocycles. The Labute approximate surface area is 207 Å². The minimum Gasteiger partial charge on any atom is -0.497 e. The van der Waals surface area contributed by atoms with Gasteiger partial charge in [0.1, 0.15) is 11.4 Å². The lowest BCUT2D eigenvalue weighted by atomic mass is 9.82. The molecular formula is C26H36N4O5. The van der Waals surface area contributed by atoms with Crippen molar-refractivity contribution in [1.82, 2.24) is 15.1 Å². The minimum atomic E-state index is -0.908. The molecule has 9 heteroatoms. The van der Waals surface area contributed by atoms with E-state index >= 15 is 0 Å². The van der Waals surface area contributed by atoms with Gasteiger partial charge in [0.15, 0.2) is 0 Å². The number of piperidine rings is 1. The van der Waals surface area contributed by atoms with Gasteiger partial charge in [-0.05, 0) is 44.2 Å². The van der Waals surface area contributed by atoms with Crippen LogP contribution >= 0.6 is 0 Å². The van der Waals surface area contributed by atoms with Gasteiger partial charge in [-0.1, -0.05) is 0 Å². The number of likely N-dealkylation sites (tertiary alicyclic amines) is 1. The number of ether oxygens (including phenoxy) is 2. The summed E-state index contributed by atoms with van der Waals surface area (Å²) < 4.78 is 10.9. The van der Waals surface area contributed by atoms with E-state index in [1.165, 1.54) is 12.6 Å². The molecule has 1 aromatic rings. The van der Waals surface area contributed by atoms with E-state index in [0.29, 0.717) is 43.6 Å². The Balaban J connectivity index is 1.22. The molecular weight excluding hydrogens is 448 g/mol. The standard InChI is InChI=1S/C26H36N4O5/c1-19-23(26(35-25(19)33)9-13-29(14-10-26)20(2)31)24(32)27-11-4-12-28-15-17-30(18-16-28)21-5-7-22(34-3)8-6-21/h5-8H,4,9-18H2,1-3H3,(H,27,32). The van der Waals surface area contributed by atoms with Crippen LogP contribution in [0.25, 0.3) is 0 Å². The molecule has 3 heterocycles. The summed E-state index contributed by atoms with van der Waals surface area (Å²) in [7, 11) is 1.67. The molecule has 2 fully saturated rings. The number of carbonyl (C=O) groups is 3. The highest BCUT2D eigenvalue weighted by atomic mass is 16.6. The summed E-state index contributed by atoms with van der Waals surface area (Å²) in [4.78, 5) is 43.6. The van der Waals surface area contributed by atoms with Crippen LogP contribution in [0.4, 0.5) is 5.69 Å². The lowest BCUT2D eigenvalue weighted by Crippen LogP contribution is -2.50. The molecule has 2 amide bonds. The number of hydrogen-bond donors (Lipinski definition) is 1. The van der Waals surface area contributed by atoms with E-state index in [1.54, 1.807) is 18.9 Å². The molecule has 2 saturated heterocycles. The molecule has 1 spiro atoms. The zero-order valence-corrected chi connectivity index (χ0v) is 21.0. The van der Waals surface area contributed by atoms with Crippen LogP contribution in [0, 0.1) is 0 Å². The molecule has 0 atom stereocenters. The molecule has 4 rings (SSSR count). The molecule has 0 unspecified atom stereocenters. The van der Waals surface area contributed by atoms with Crippen LogP contribution < -0.4 is 15.0 Å². The Morgan fingerprint density at radius 1 is 1.06 bits per heavy atom. The second-order valence-electron chi connectivity index (χ2n) is 9.53. The first-order valence-electron chi connectivity index (χ1n) is 12.4. The average Bonchev–Trinajstić information content (AvgIpc) is 3.11. The molecule has 35 heavy (non-hydrogen) atoms. The predicted molar refractivity (Wildman–Crippen MR) is 132 cm³/mol. The predicted octanol–water partition coefficient (Wildman–Crippen LogP) is 1.58. The minimum absolute atomic E-state index is 0.000657. The van der Waals surface area contributed by atoms with Crippen LogP contribution in [0.5, 0.6) is 5.75 Å². The second kappa shape index (κ2) is 10.7. The van der Waals surface area contributed by atoms with Gasteiger partial charge in [0, 0.05) is 76.8 Å². The van der Waals surface area contributed by atoms with Crippen molar-refractivity contribution in [2.75, 3.05) is 64.4 Å². The molecule has 1 aromatic carbocycles. The highest BCUT2D eigenvalue weighted by Crippen LogP contribution is 2.41. The number of esters is 1. The highest BCUT2D eigenvalue weighted by Gasteiger charge is 2.51. The molecule has 3 aliphatic rings. The van der Waals surface area contributed by atoms with Crippen LogP contribution in [0.3, 0.4) is 0 Å². The first-order chi connectivity index (χ1) is 16.8. The number of amides is 2. The van der Waals surface area contributed by atoms with Gasteiger partial charge in [0.05, 0.1) is 12.7 Å². The summed E-state index contributed by atoms with van der Waals surface area (Å²) in [6, 6.07) is 8.16. The van der Waals surface area contributed by atoms with Crippen molar-refractivity contribution in [3.05, 3.63) is 35.4 Å². The largest absolute Gasteiger partial charge is 0.497 e. The third-order valence-corrected chi connectivity index (χ3v) is 7.41. The fraction of sp³-hybridized carbons (Fsp3) is 0.577. The maximum atomic E-state index is 13.1. The van der Waals surface area contributed by atoms with E-state index in [-0.39, 0.29) is 11.8 Å². The van der Waals surface area contributed by atoms with E-state index in [4.69, 9.17) is 9.47 Å². The van der Waals surface area contributed by atoms with Crippen molar-refractivity contribution in [1.29, 1.82) is 0 Å². The quantitative estimate of drug-likeness (QED) is 0.464. The molecule has 0 radical (unpaired) electrons. The summed E-state index contributed by atoms with van der Waals surface area (Å²) in [6.45, 7) is 9.47. The van der Waals surface area contributed by atoms with Crippen LogP contribution in [-0.4, -0.2) is 92.7 Å². The molecule has 9 nitrogen and oxygen atoms in total. The maximum absolute atomic E-state index is 13.1. The summed E-state index contributed by atoms with van der Waals surface area (Å²) in [6.07, 6.45) is 1.74. The van der Waals surface area contributed by atoms with Crippen molar-refractivity contribution in [2.24, 2.45) is 0 Å². The lowest BCUT2D eigenvalue weighted by Gasteiger charge is -2.39. The summed E-state index contributed by atoms with van der Waals surface area (Å²) in [5.74, 6) is 0.206. The first kappa shape index (κ1) is 25.0. The summed E-state index contributed by atoms with van der Waals surface area (Å²) in [5.41, 5.74) is 1.12. The smallest absolute Gasteiger partial charge is 0.335 e. The van der Waals surface area contributed by atoms with Crippen LogP contribution in [0.1, 0.15) is 33.1 Å². The number of carbonyl (C=O) groups excluding carboxylic acids is 3.